The molecule has 0 fully saturated rings. The molecule has 0 aliphatic carbocycles. The highest BCUT2D eigenvalue weighted by Gasteiger charge is 2.02. The van der Waals surface area contributed by atoms with Gasteiger partial charge in [0.25, 0.3) is 5.91 Å². The van der Waals surface area contributed by atoms with E-state index in [1.807, 2.05) is 18.2 Å². The van der Waals surface area contributed by atoms with Crippen LogP contribution in [0.1, 0.15) is 15.9 Å². The summed E-state index contributed by atoms with van der Waals surface area (Å²) in [5.41, 5.74) is 7.21. The zero-order valence-electron chi connectivity index (χ0n) is 7.71. The van der Waals surface area contributed by atoms with E-state index in [0.29, 0.717) is 12.1 Å². The SMILES string of the molecule is CNC(=O)c1cccc(CCN)c1. The number of rotatable bonds is 3. The Kier molecular flexibility index (Phi) is 3.46. The van der Waals surface area contributed by atoms with Crippen LogP contribution in [-0.2, 0) is 6.42 Å². The molecule has 3 nitrogen and oxygen atoms in total. The Balaban J connectivity index is 2.85. The predicted octanol–water partition coefficient (Wildman–Crippen LogP) is 0.547. The fourth-order valence-electron chi connectivity index (χ4n) is 1.18. The van der Waals surface area contributed by atoms with Gasteiger partial charge in [0.15, 0.2) is 0 Å². The first kappa shape index (κ1) is 9.74. The van der Waals surface area contributed by atoms with Crippen LogP contribution in [0.15, 0.2) is 24.3 Å². The molecule has 0 radical (unpaired) electrons. The van der Waals surface area contributed by atoms with Gasteiger partial charge in [0, 0.05) is 12.6 Å². The monoisotopic (exact) mass is 178 g/mol. The lowest BCUT2D eigenvalue weighted by Gasteiger charge is -2.02. The summed E-state index contributed by atoms with van der Waals surface area (Å²) in [6.07, 6.45) is 0.810. The number of nitrogens with two attached hydrogens (primary N) is 1. The summed E-state index contributed by atoms with van der Waals surface area (Å²) < 4.78 is 0. The second-order valence-electron chi connectivity index (χ2n) is 2.82. The molecular weight excluding hydrogens is 164 g/mol. The number of carbonyl (C=O) groups is 1. The number of benzene rings is 1. The standard InChI is InChI=1S/C10H14N2O/c1-12-10(13)9-4-2-3-8(7-9)5-6-11/h2-4,7H,5-6,11H2,1H3,(H,12,13). The van der Waals surface area contributed by atoms with E-state index in [2.05, 4.69) is 5.32 Å². The molecule has 0 bridgehead atoms. The van der Waals surface area contributed by atoms with Crippen LogP contribution in [0.2, 0.25) is 0 Å². The Morgan fingerprint density at radius 2 is 2.31 bits per heavy atom. The minimum absolute atomic E-state index is 0.0566. The Hall–Kier alpha value is -1.35. The largest absolute Gasteiger partial charge is 0.355 e. The fourth-order valence-corrected chi connectivity index (χ4v) is 1.18. The van der Waals surface area contributed by atoms with E-state index in [-0.39, 0.29) is 5.91 Å². The van der Waals surface area contributed by atoms with Crippen molar-refractivity contribution in [3.05, 3.63) is 35.4 Å². The molecule has 1 rings (SSSR count). The molecule has 0 aromatic heterocycles. The van der Waals surface area contributed by atoms with E-state index in [1.165, 1.54) is 0 Å². The molecule has 0 saturated carbocycles. The average molecular weight is 178 g/mol. The van der Waals surface area contributed by atoms with Gasteiger partial charge in [-0.3, -0.25) is 4.79 Å². The van der Waals surface area contributed by atoms with E-state index in [4.69, 9.17) is 5.73 Å². The molecule has 70 valence electrons. The number of hydrogen-bond donors (Lipinski definition) is 2. The molecule has 0 unspecified atom stereocenters. The first-order valence-corrected chi connectivity index (χ1v) is 4.29. The molecule has 0 atom stereocenters. The smallest absolute Gasteiger partial charge is 0.251 e. The average Bonchev–Trinajstić information content (AvgIpc) is 2.18. The van der Waals surface area contributed by atoms with Gasteiger partial charge in [0.05, 0.1) is 0 Å². The Labute approximate surface area is 77.9 Å². The summed E-state index contributed by atoms with van der Waals surface area (Å²) in [6, 6.07) is 7.50. The number of hydrogen-bond acceptors (Lipinski definition) is 2. The zero-order chi connectivity index (χ0) is 9.68. The maximum Gasteiger partial charge on any atom is 0.251 e. The summed E-state index contributed by atoms with van der Waals surface area (Å²) in [6.45, 7) is 0.608. The second kappa shape index (κ2) is 4.62. The van der Waals surface area contributed by atoms with Crippen molar-refractivity contribution in [2.45, 2.75) is 6.42 Å². The van der Waals surface area contributed by atoms with Crippen LogP contribution in [0.4, 0.5) is 0 Å². The summed E-state index contributed by atoms with van der Waals surface area (Å²) in [5.74, 6) is -0.0566. The van der Waals surface area contributed by atoms with Gasteiger partial charge >= 0.3 is 0 Å². The molecule has 13 heavy (non-hydrogen) atoms. The van der Waals surface area contributed by atoms with Gasteiger partial charge in [-0.2, -0.15) is 0 Å². The van der Waals surface area contributed by atoms with Gasteiger partial charge in [-0.1, -0.05) is 12.1 Å². The number of amides is 1. The van der Waals surface area contributed by atoms with Crippen LogP contribution in [0, 0.1) is 0 Å². The van der Waals surface area contributed by atoms with Crippen molar-refractivity contribution in [3.63, 3.8) is 0 Å². The van der Waals surface area contributed by atoms with Gasteiger partial charge in [-0.25, -0.2) is 0 Å². The lowest BCUT2D eigenvalue weighted by Crippen LogP contribution is -2.18. The number of nitrogens with one attached hydrogen (secondary N) is 1. The highest BCUT2D eigenvalue weighted by atomic mass is 16.1. The Bertz CT molecular complexity index is 297. The first-order valence-electron chi connectivity index (χ1n) is 4.29. The Morgan fingerprint density at radius 1 is 1.54 bits per heavy atom. The van der Waals surface area contributed by atoms with E-state index in [0.717, 1.165) is 12.0 Å². The molecule has 0 saturated heterocycles. The minimum atomic E-state index is -0.0566. The van der Waals surface area contributed by atoms with Crippen LogP contribution in [-0.4, -0.2) is 19.5 Å². The molecule has 0 heterocycles. The highest BCUT2D eigenvalue weighted by Crippen LogP contribution is 2.05. The topological polar surface area (TPSA) is 55.1 Å². The maximum absolute atomic E-state index is 11.2. The molecular formula is C10H14N2O. The van der Waals surface area contributed by atoms with Gasteiger partial charge in [0.1, 0.15) is 0 Å². The summed E-state index contributed by atoms with van der Waals surface area (Å²) >= 11 is 0. The minimum Gasteiger partial charge on any atom is -0.355 e. The number of carbonyl (C=O) groups excluding carboxylic acids is 1. The third-order valence-corrected chi connectivity index (χ3v) is 1.85. The van der Waals surface area contributed by atoms with E-state index in [9.17, 15) is 4.79 Å². The van der Waals surface area contributed by atoms with E-state index in [1.54, 1.807) is 13.1 Å². The van der Waals surface area contributed by atoms with Gasteiger partial charge in [-0.05, 0) is 30.7 Å². The third kappa shape index (κ3) is 2.56. The molecule has 1 aromatic carbocycles. The first-order chi connectivity index (χ1) is 6.27. The van der Waals surface area contributed by atoms with Crippen molar-refractivity contribution in [1.82, 2.24) is 5.32 Å². The lowest BCUT2D eigenvalue weighted by molar-refractivity contribution is 0.0963. The van der Waals surface area contributed by atoms with Crippen molar-refractivity contribution in [3.8, 4) is 0 Å². The van der Waals surface area contributed by atoms with Gasteiger partial charge in [-0.15, -0.1) is 0 Å². The van der Waals surface area contributed by atoms with Gasteiger partial charge in [0.2, 0.25) is 0 Å². The van der Waals surface area contributed by atoms with E-state index < -0.39 is 0 Å². The Morgan fingerprint density at radius 3 is 2.92 bits per heavy atom. The van der Waals surface area contributed by atoms with Crippen molar-refractivity contribution < 1.29 is 4.79 Å². The molecule has 3 heteroatoms. The summed E-state index contributed by atoms with van der Waals surface area (Å²) in [5, 5.41) is 2.58. The van der Waals surface area contributed by atoms with Crippen LogP contribution in [0.3, 0.4) is 0 Å². The highest BCUT2D eigenvalue weighted by molar-refractivity contribution is 5.94. The molecule has 0 spiro atoms. The zero-order valence-corrected chi connectivity index (χ0v) is 7.71. The summed E-state index contributed by atoms with van der Waals surface area (Å²) in [7, 11) is 1.62. The molecule has 0 aliphatic rings. The van der Waals surface area contributed by atoms with Crippen LogP contribution in [0.25, 0.3) is 0 Å². The van der Waals surface area contributed by atoms with Crippen molar-refractivity contribution in [1.29, 1.82) is 0 Å². The quantitative estimate of drug-likeness (QED) is 0.710. The van der Waals surface area contributed by atoms with Crippen molar-refractivity contribution >= 4 is 5.91 Å². The van der Waals surface area contributed by atoms with E-state index >= 15 is 0 Å². The van der Waals surface area contributed by atoms with Crippen LogP contribution >= 0.6 is 0 Å². The molecule has 1 amide bonds. The predicted molar refractivity (Wildman–Crippen MR) is 52.6 cm³/mol. The van der Waals surface area contributed by atoms with Crippen LogP contribution in [0.5, 0.6) is 0 Å². The van der Waals surface area contributed by atoms with Crippen molar-refractivity contribution in [2.75, 3.05) is 13.6 Å². The fraction of sp³-hybridized carbons (Fsp3) is 0.300. The molecule has 0 aliphatic heterocycles. The normalized spacial score (nSPS) is 9.69. The summed E-state index contributed by atoms with van der Waals surface area (Å²) in [4.78, 5) is 11.2. The second-order valence-corrected chi connectivity index (χ2v) is 2.82. The molecule has 3 N–H and O–H groups in total. The third-order valence-electron chi connectivity index (χ3n) is 1.85. The van der Waals surface area contributed by atoms with Crippen LogP contribution < -0.4 is 11.1 Å². The molecule has 1 aromatic rings. The maximum atomic E-state index is 11.2. The van der Waals surface area contributed by atoms with Crippen molar-refractivity contribution in [2.24, 2.45) is 5.73 Å². The lowest BCUT2D eigenvalue weighted by atomic mass is 10.1. The van der Waals surface area contributed by atoms with Gasteiger partial charge < -0.3 is 11.1 Å².